The van der Waals surface area contributed by atoms with Crippen LogP contribution in [0.4, 0.5) is 0 Å². The van der Waals surface area contributed by atoms with Gasteiger partial charge in [-0.2, -0.15) is 5.10 Å². The van der Waals surface area contributed by atoms with E-state index in [0.717, 1.165) is 22.8 Å². The molecule has 0 radical (unpaired) electrons. The molecule has 0 atom stereocenters. The average molecular weight is 313 g/mol. The highest BCUT2D eigenvalue weighted by Crippen LogP contribution is 2.23. The zero-order valence-corrected chi connectivity index (χ0v) is 12.9. The summed E-state index contributed by atoms with van der Waals surface area (Å²) in [6.45, 7) is 2.67. The molecular weight excluding hydrogens is 298 g/mol. The van der Waals surface area contributed by atoms with Crippen molar-refractivity contribution in [2.45, 2.75) is 13.3 Å². The third-order valence-electron chi connectivity index (χ3n) is 2.99. The summed E-state index contributed by atoms with van der Waals surface area (Å²) >= 11 is 1.43. The van der Waals surface area contributed by atoms with E-state index in [1.165, 1.54) is 11.3 Å². The number of hydrogen-bond acceptors (Lipinski definition) is 5. The van der Waals surface area contributed by atoms with Crippen LogP contribution in [-0.2, 0) is 0 Å². The number of thiazole rings is 1. The Hall–Kier alpha value is -2.54. The topological polar surface area (TPSA) is 72.7 Å². The molecule has 0 spiro atoms. The fourth-order valence-corrected chi connectivity index (χ4v) is 2.66. The molecule has 7 heteroatoms. The molecule has 3 aromatic heterocycles. The molecule has 0 bridgehead atoms. The molecule has 3 aromatic rings. The minimum atomic E-state index is -0.138. The number of carbonyl (C=O) groups excluding carboxylic acids is 1. The van der Waals surface area contributed by atoms with Gasteiger partial charge in [0, 0.05) is 29.9 Å². The van der Waals surface area contributed by atoms with Crippen LogP contribution in [0.2, 0.25) is 0 Å². The number of nitrogens with one attached hydrogen (secondary N) is 1. The van der Waals surface area contributed by atoms with Crippen molar-refractivity contribution in [3.05, 3.63) is 47.9 Å². The Morgan fingerprint density at radius 1 is 1.41 bits per heavy atom. The van der Waals surface area contributed by atoms with Gasteiger partial charge in [-0.25, -0.2) is 14.6 Å². The summed E-state index contributed by atoms with van der Waals surface area (Å²) < 4.78 is 1.69. The molecule has 0 aromatic carbocycles. The number of rotatable bonds is 5. The van der Waals surface area contributed by atoms with Crippen molar-refractivity contribution >= 4 is 17.2 Å². The first-order valence-electron chi connectivity index (χ1n) is 6.98. The summed E-state index contributed by atoms with van der Waals surface area (Å²) in [5.41, 5.74) is 1.31. The normalized spacial score (nSPS) is 10.6. The summed E-state index contributed by atoms with van der Waals surface area (Å²) in [5.74, 6) is 0.604. The van der Waals surface area contributed by atoms with Gasteiger partial charge < -0.3 is 5.32 Å². The molecule has 1 N–H and O–H groups in total. The van der Waals surface area contributed by atoms with Crippen molar-refractivity contribution < 1.29 is 4.79 Å². The van der Waals surface area contributed by atoms with Gasteiger partial charge in [-0.15, -0.1) is 11.3 Å². The lowest BCUT2D eigenvalue weighted by atomic mass is 10.3. The van der Waals surface area contributed by atoms with Crippen molar-refractivity contribution in [3.63, 3.8) is 0 Å². The van der Waals surface area contributed by atoms with Crippen molar-refractivity contribution in [1.29, 1.82) is 0 Å². The van der Waals surface area contributed by atoms with Gasteiger partial charge in [0.25, 0.3) is 5.91 Å². The molecule has 0 unspecified atom stereocenters. The summed E-state index contributed by atoms with van der Waals surface area (Å²) in [5, 5.41) is 9.64. The Balaban J connectivity index is 1.80. The first kappa shape index (κ1) is 14.4. The molecule has 0 aliphatic heterocycles. The number of carbonyl (C=O) groups is 1. The fourth-order valence-electron chi connectivity index (χ4n) is 1.89. The van der Waals surface area contributed by atoms with Gasteiger partial charge >= 0.3 is 0 Å². The van der Waals surface area contributed by atoms with E-state index in [9.17, 15) is 4.79 Å². The molecule has 112 valence electrons. The highest BCUT2D eigenvalue weighted by atomic mass is 32.1. The van der Waals surface area contributed by atoms with Gasteiger partial charge in [0.2, 0.25) is 0 Å². The summed E-state index contributed by atoms with van der Waals surface area (Å²) in [7, 11) is 0. The highest BCUT2D eigenvalue weighted by molar-refractivity contribution is 7.13. The maximum atomic E-state index is 11.9. The van der Waals surface area contributed by atoms with Crippen LogP contribution in [0.15, 0.2) is 42.2 Å². The van der Waals surface area contributed by atoms with Gasteiger partial charge in [-0.1, -0.05) is 13.0 Å². The van der Waals surface area contributed by atoms with Crippen molar-refractivity contribution in [1.82, 2.24) is 25.1 Å². The molecule has 6 nitrogen and oxygen atoms in total. The first-order chi connectivity index (χ1) is 10.8. The number of aromatic nitrogens is 4. The molecule has 0 aliphatic carbocycles. The maximum Gasteiger partial charge on any atom is 0.270 e. The Kier molecular flexibility index (Phi) is 4.24. The molecule has 1 amide bonds. The van der Waals surface area contributed by atoms with Crippen LogP contribution in [-0.4, -0.2) is 32.2 Å². The van der Waals surface area contributed by atoms with Crippen LogP contribution in [0.25, 0.3) is 16.4 Å². The monoisotopic (exact) mass is 313 g/mol. The molecule has 0 saturated carbocycles. The van der Waals surface area contributed by atoms with Crippen LogP contribution in [0.1, 0.15) is 23.8 Å². The molecule has 3 heterocycles. The highest BCUT2D eigenvalue weighted by Gasteiger charge is 2.12. The second-order valence-electron chi connectivity index (χ2n) is 4.66. The molecule has 3 rings (SSSR count). The predicted octanol–water partition coefficient (Wildman–Crippen LogP) is 2.53. The van der Waals surface area contributed by atoms with E-state index in [1.807, 2.05) is 31.3 Å². The molecular formula is C15H15N5OS. The minimum Gasteiger partial charge on any atom is -0.351 e. The first-order valence-corrected chi connectivity index (χ1v) is 7.86. The smallest absolute Gasteiger partial charge is 0.270 e. The minimum absolute atomic E-state index is 0.138. The van der Waals surface area contributed by atoms with Gasteiger partial charge in [-0.3, -0.25) is 4.79 Å². The van der Waals surface area contributed by atoms with E-state index in [4.69, 9.17) is 0 Å². The summed E-state index contributed by atoms with van der Waals surface area (Å²) in [6.07, 6.45) is 6.20. The SMILES string of the molecule is CCCNC(=O)c1csc(-c2cnn(-c3ccccn3)c2)n1. The van der Waals surface area contributed by atoms with E-state index in [2.05, 4.69) is 20.4 Å². The number of pyridine rings is 1. The summed E-state index contributed by atoms with van der Waals surface area (Å²) in [4.78, 5) is 20.5. The quantitative estimate of drug-likeness (QED) is 0.785. The maximum absolute atomic E-state index is 11.9. The lowest BCUT2D eigenvalue weighted by Gasteiger charge is -1.98. The van der Waals surface area contributed by atoms with Crippen molar-refractivity contribution in [3.8, 4) is 16.4 Å². The lowest BCUT2D eigenvalue weighted by molar-refractivity contribution is 0.0949. The van der Waals surface area contributed by atoms with Crippen molar-refractivity contribution in [2.24, 2.45) is 0 Å². The molecule has 22 heavy (non-hydrogen) atoms. The van der Waals surface area contributed by atoms with E-state index in [-0.39, 0.29) is 5.91 Å². The third-order valence-corrected chi connectivity index (χ3v) is 3.88. The Bertz CT molecular complexity index is 765. The average Bonchev–Trinajstić information content (AvgIpc) is 3.22. The number of hydrogen-bond donors (Lipinski definition) is 1. The van der Waals surface area contributed by atoms with Crippen LogP contribution >= 0.6 is 11.3 Å². The standard InChI is InChI=1S/C15H15N5OS/c1-2-6-17-14(21)12-10-22-15(19-12)11-8-18-20(9-11)13-5-3-4-7-16-13/h3-5,7-10H,2,6H2,1H3,(H,17,21). The van der Waals surface area contributed by atoms with E-state index in [1.54, 1.807) is 22.5 Å². The lowest BCUT2D eigenvalue weighted by Crippen LogP contribution is -2.24. The molecule has 0 fully saturated rings. The Labute approximate surface area is 131 Å². The number of amides is 1. The van der Waals surface area contributed by atoms with E-state index < -0.39 is 0 Å². The van der Waals surface area contributed by atoms with Gasteiger partial charge in [0.15, 0.2) is 5.82 Å². The molecule has 0 aliphatic rings. The second kappa shape index (κ2) is 6.48. The fraction of sp³-hybridized carbons (Fsp3) is 0.200. The zero-order valence-electron chi connectivity index (χ0n) is 12.1. The van der Waals surface area contributed by atoms with Crippen molar-refractivity contribution in [2.75, 3.05) is 6.54 Å². The Morgan fingerprint density at radius 2 is 2.32 bits per heavy atom. The van der Waals surface area contributed by atoms with Crippen LogP contribution in [0, 0.1) is 0 Å². The van der Waals surface area contributed by atoms with Crippen LogP contribution in [0.3, 0.4) is 0 Å². The van der Waals surface area contributed by atoms with Gasteiger partial charge in [-0.05, 0) is 18.6 Å². The second-order valence-corrected chi connectivity index (χ2v) is 5.51. The van der Waals surface area contributed by atoms with E-state index >= 15 is 0 Å². The van der Waals surface area contributed by atoms with Crippen LogP contribution < -0.4 is 5.32 Å². The Morgan fingerprint density at radius 3 is 3.09 bits per heavy atom. The predicted molar refractivity (Wildman–Crippen MR) is 85.1 cm³/mol. The van der Waals surface area contributed by atoms with Gasteiger partial charge in [0.05, 0.1) is 6.20 Å². The largest absolute Gasteiger partial charge is 0.351 e. The summed E-state index contributed by atoms with van der Waals surface area (Å²) in [6, 6.07) is 5.64. The van der Waals surface area contributed by atoms with E-state index in [0.29, 0.717) is 12.2 Å². The van der Waals surface area contributed by atoms with Crippen LogP contribution in [0.5, 0.6) is 0 Å². The van der Waals surface area contributed by atoms with Gasteiger partial charge in [0.1, 0.15) is 10.7 Å². The molecule has 0 saturated heterocycles. The zero-order chi connectivity index (χ0) is 15.4. The third kappa shape index (κ3) is 3.04. The number of nitrogens with zero attached hydrogens (tertiary/aromatic N) is 4.